The van der Waals surface area contributed by atoms with Crippen molar-refractivity contribution in [2.24, 2.45) is 0 Å². The summed E-state index contributed by atoms with van der Waals surface area (Å²) in [6.45, 7) is 6.13. The van der Waals surface area contributed by atoms with Gasteiger partial charge in [-0.25, -0.2) is 0 Å². The zero-order valence-corrected chi connectivity index (χ0v) is 14.6. The van der Waals surface area contributed by atoms with Crippen LogP contribution in [0.25, 0.3) is 0 Å². The molecule has 1 aromatic heterocycles. The van der Waals surface area contributed by atoms with Crippen LogP contribution in [-0.4, -0.2) is 17.4 Å². The van der Waals surface area contributed by atoms with Gasteiger partial charge in [-0.2, -0.15) is 0 Å². The number of ketones is 1. The highest BCUT2D eigenvalue weighted by atomic mass is 32.2. The van der Waals surface area contributed by atoms with Gasteiger partial charge < -0.3 is 5.32 Å². The number of hydrogen-bond acceptors (Lipinski definition) is 4. The smallest absolute Gasteiger partial charge is 0.217 e. The SMILES string of the molecule is CC(=O)NCc1ccc(C(=O)CSc2ccc(C)c(C)c2)s1. The summed E-state index contributed by atoms with van der Waals surface area (Å²) in [6.07, 6.45) is 0. The van der Waals surface area contributed by atoms with E-state index in [1.54, 1.807) is 11.8 Å². The standard InChI is InChI=1S/C17H19NO2S2/c1-11-4-5-14(8-12(11)2)21-10-16(20)17-7-6-15(22-17)9-18-13(3)19/h4-8H,9-10H2,1-3H3,(H,18,19). The van der Waals surface area contributed by atoms with Gasteiger partial charge in [-0.15, -0.1) is 23.1 Å². The van der Waals surface area contributed by atoms with Gasteiger partial charge in [0.2, 0.25) is 5.91 Å². The Labute approximate surface area is 139 Å². The second kappa shape index (κ2) is 7.61. The summed E-state index contributed by atoms with van der Waals surface area (Å²) in [7, 11) is 0. The molecule has 0 radical (unpaired) electrons. The Balaban J connectivity index is 1.91. The van der Waals surface area contributed by atoms with E-state index in [-0.39, 0.29) is 11.7 Å². The molecule has 0 spiro atoms. The third kappa shape index (κ3) is 4.71. The van der Waals surface area contributed by atoms with E-state index in [2.05, 4.69) is 37.4 Å². The maximum Gasteiger partial charge on any atom is 0.217 e. The van der Waals surface area contributed by atoms with E-state index in [0.717, 1.165) is 14.6 Å². The Morgan fingerprint density at radius 3 is 2.59 bits per heavy atom. The molecule has 0 fully saturated rings. The predicted molar refractivity (Wildman–Crippen MR) is 92.8 cm³/mol. The Hall–Kier alpha value is -1.59. The molecule has 1 aromatic carbocycles. The van der Waals surface area contributed by atoms with E-state index in [9.17, 15) is 9.59 Å². The summed E-state index contributed by atoms with van der Waals surface area (Å²) >= 11 is 3.01. The zero-order valence-electron chi connectivity index (χ0n) is 12.9. The van der Waals surface area contributed by atoms with Gasteiger partial charge in [-0.05, 0) is 49.2 Å². The van der Waals surface area contributed by atoms with Crippen LogP contribution in [0, 0.1) is 13.8 Å². The van der Waals surface area contributed by atoms with Crippen LogP contribution in [0.2, 0.25) is 0 Å². The minimum atomic E-state index is -0.0634. The average Bonchev–Trinajstić information content (AvgIpc) is 2.95. The van der Waals surface area contributed by atoms with Crippen LogP contribution in [0.1, 0.15) is 32.6 Å². The fourth-order valence-corrected chi connectivity index (χ4v) is 3.71. The highest BCUT2D eigenvalue weighted by Crippen LogP contribution is 2.24. The van der Waals surface area contributed by atoms with E-state index in [0.29, 0.717) is 12.3 Å². The van der Waals surface area contributed by atoms with E-state index in [1.807, 2.05) is 12.1 Å². The first-order chi connectivity index (χ1) is 10.5. The minimum absolute atomic E-state index is 0.0634. The molecule has 1 heterocycles. The number of nitrogens with one attached hydrogen (secondary N) is 1. The van der Waals surface area contributed by atoms with Gasteiger partial charge in [0, 0.05) is 16.7 Å². The number of rotatable bonds is 6. The fraction of sp³-hybridized carbons (Fsp3) is 0.294. The summed E-state index contributed by atoms with van der Waals surface area (Å²) in [6, 6.07) is 9.99. The molecule has 1 amide bonds. The number of amides is 1. The van der Waals surface area contributed by atoms with Crippen LogP contribution in [0.5, 0.6) is 0 Å². The Bertz CT molecular complexity index is 692. The van der Waals surface area contributed by atoms with Crippen LogP contribution >= 0.6 is 23.1 Å². The van der Waals surface area contributed by atoms with Crippen LogP contribution < -0.4 is 5.32 Å². The van der Waals surface area contributed by atoms with E-state index in [1.165, 1.54) is 29.4 Å². The highest BCUT2D eigenvalue weighted by Gasteiger charge is 2.10. The minimum Gasteiger partial charge on any atom is -0.351 e. The topological polar surface area (TPSA) is 46.2 Å². The van der Waals surface area contributed by atoms with Crippen LogP contribution in [-0.2, 0) is 11.3 Å². The first-order valence-electron chi connectivity index (χ1n) is 7.02. The number of Topliss-reactive ketones (excluding diaryl/α,β-unsaturated/α-hetero) is 1. The molecule has 3 nitrogen and oxygen atoms in total. The molecule has 0 aliphatic rings. The first-order valence-corrected chi connectivity index (χ1v) is 8.82. The lowest BCUT2D eigenvalue weighted by Crippen LogP contribution is -2.18. The lowest BCUT2D eigenvalue weighted by Gasteiger charge is -2.04. The molecular formula is C17H19NO2S2. The summed E-state index contributed by atoms with van der Waals surface area (Å²) in [5.41, 5.74) is 2.50. The molecule has 22 heavy (non-hydrogen) atoms. The number of benzene rings is 1. The Morgan fingerprint density at radius 2 is 1.91 bits per heavy atom. The number of carbonyl (C=O) groups is 2. The summed E-state index contributed by atoms with van der Waals surface area (Å²) in [5, 5.41) is 2.74. The molecule has 0 atom stereocenters. The lowest BCUT2D eigenvalue weighted by molar-refractivity contribution is -0.119. The van der Waals surface area contributed by atoms with Crippen molar-refractivity contribution >= 4 is 34.8 Å². The van der Waals surface area contributed by atoms with E-state index in [4.69, 9.17) is 0 Å². The van der Waals surface area contributed by atoms with E-state index < -0.39 is 0 Å². The van der Waals surface area contributed by atoms with Crippen LogP contribution in [0.4, 0.5) is 0 Å². The summed E-state index contributed by atoms with van der Waals surface area (Å²) < 4.78 is 0. The number of thioether (sulfide) groups is 1. The van der Waals surface area contributed by atoms with Crippen molar-refractivity contribution in [1.29, 1.82) is 0 Å². The molecular weight excluding hydrogens is 314 g/mol. The molecule has 2 rings (SSSR count). The molecule has 2 aromatic rings. The Kier molecular flexibility index (Phi) is 5.80. The van der Waals surface area contributed by atoms with Crippen molar-refractivity contribution in [1.82, 2.24) is 5.32 Å². The van der Waals surface area contributed by atoms with Crippen molar-refractivity contribution < 1.29 is 9.59 Å². The molecule has 0 aliphatic heterocycles. The lowest BCUT2D eigenvalue weighted by atomic mass is 10.1. The van der Waals surface area contributed by atoms with Gasteiger partial charge in [-0.3, -0.25) is 9.59 Å². The largest absolute Gasteiger partial charge is 0.351 e. The van der Waals surface area contributed by atoms with Gasteiger partial charge in [0.05, 0.1) is 17.2 Å². The van der Waals surface area contributed by atoms with Crippen molar-refractivity contribution in [2.75, 3.05) is 5.75 Å². The highest BCUT2D eigenvalue weighted by molar-refractivity contribution is 8.00. The van der Waals surface area contributed by atoms with E-state index >= 15 is 0 Å². The van der Waals surface area contributed by atoms with Gasteiger partial charge in [0.25, 0.3) is 0 Å². The van der Waals surface area contributed by atoms with Gasteiger partial charge in [0.15, 0.2) is 5.78 Å². The van der Waals surface area contributed by atoms with Gasteiger partial charge >= 0.3 is 0 Å². The van der Waals surface area contributed by atoms with Gasteiger partial charge in [0.1, 0.15) is 0 Å². The third-order valence-electron chi connectivity index (χ3n) is 3.30. The normalized spacial score (nSPS) is 10.5. The Morgan fingerprint density at radius 1 is 1.14 bits per heavy atom. The molecule has 0 bridgehead atoms. The number of carbonyl (C=O) groups excluding carboxylic acids is 2. The maximum atomic E-state index is 12.2. The molecule has 116 valence electrons. The summed E-state index contributed by atoms with van der Waals surface area (Å²) in [5.74, 6) is 0.497. The molecule has 0 unspecified atom stereocenters. The third-order valence-corrected chi connectivity index (χ3v) is 5.42. The number of aryl methyl sites for hydroxylation is 2. The van der Waals surface area contributed by atoms with Crippen LogP contribution in [0.15, 0.2) is 35.2 Å². The average molecular weight is 333 g/mol. The molecule has 0 saturated carbocycles. The first kappa shape index (κ1) is 16.8. The molecule has 0 aliphatic carbocycles. The molecule has 1 N–H and O–H groups in total. The maximum absolute atomic E-state index is 12.2. The van der Waals surface area contributed by atoms with Crippen molar-refractivity contribution in [3.8, 4) is 0 Å². The van der Waals surface area contributed by atoms with Crippen molar-refractivity contribution in [2.45, 2.75) is 32.2 Å². The monoisotopic (exact) mass is 333 g/mol. The molecule has 0 saturated heterocycles. The fourth-order valence-electron chi connectivity index (χ4n) is 1.86. The second-order valence-electron chi connectivity index (χ2n) is 5.13. The van der Waals surface area contributed by atoms with Gasteiger partial charge in [-0.1, -0.05) is 6.07 Å². The predicted octanol–water partition coefficient (Wildman–Crippen LogP) is 3.98. The van der Waals surface area contributed by atoms with Crippen molar-refractivity contribution in [3.63, 3.8) is 0 Å². The van der Waals surface area contributed by atoms with Crippen molar-refractivity contribution in [3.05, 3.63) is 51.2 Å². The summed E-state index contributed by atoms with van der Waals surface area (Å²) in [4.78, 5) is 26.0. The second-order valence-corrected chi connectivity index (χ2v) is 7.35. The quantitative estimate of drug-likeness (QED) is 0.642. The molecule has 5 heteroatoms. The zero-order chi connectivity index (χ0) is 16.1. The van der Waals surface area contributed by atoms with Crippen LogP contribution in [0.3, 0.4) is 0 Å². The number of thiophene rings is 1. The number of hydrogen-bond donors (Lipinski definition) is 1.